The summed E-state index contributed by atoms with van der Waals surface area (Å²) in [6.45, 7) is 0.158. The first-order valence-corrected chi connectivity index (χ1v) is 30.0. The molecule has 4 fully saturated rings. The van der Waals surface area contributed by atoms with E-state index in [1.807, 2.05) is 0 Å². The molecule has 10 rings (SSSR count). The molecule has 0 bridgehead atoms. The SMILES string of the molecule is CO.C[N+](=O)[O-].C[n+]1cc(Cl)c(C[C@H](O)c2ccc(OC(F)F)c(OCC3CC3)c2)c(Cl)c1.C[n+]1cc(Cl)c(C[C@H](OC(=O)c2ccc([N+](=O)[O-])c(OCC3CC3)c2)c2ccc(OC(F)F)c(OCC3CC3)c2)c(Cl)c1.Cc1ccc(C)c(OCC2CC2)c1. The maximum atomic E-state index is 13.5. The third-order valence-electron chi connectivity index (χ3n) is 14.0. The molecule has 2 aromatic heterocycles. The van der Waals surface area contributed by atoms with Gasteiger partial charge >= 0.3 is 24.9 Å². The smallest absolute Gasteiger partial charge is 0.387 e. The number of pyridine rings is 2. The minimum atomic E-state index is -3.07. The molecule has 0 unspecified atom stereocenters. The zero-order chi connectivity index (χ0) is 65.1. The lowest BCUT2D eigenvalue weighted by atomic mass is 10.0. The summed E-state index contributed by atoms with van der Waals surface area (Å²) >= 11 is 25.5. The van der Waals surface area contributed by atoms with Crippen LogP contribution in [0.1, 0.15) is 107 Å². The van der Waals surface area contributed by atoms with E-state index < -0.39 is 41.2 Å². The molecule has 0 amide bonds. The van der Waals surface area contributed by atoms with Crippen molar-refractivity contribution >= 4 is 58.1 Å². The highest BCUT2D eigenvalue weighted by Gasteiger charge is 2.30. The van der Waals surface area contributed by atoms with Gasteiger partial charge in [0.1, 0.15) is 46.0 Å². The maximum Gasteiger partial charge on any atom is 0.387 e. The summed E-state index contributed by atoms with van der Waals surface area (Å²) in [5, 5.41) is 39.5. The van der Waals surface area contributed by atoms with Crippen LogP contribution in [0.5, 0.6) is 34.5 Å². The Morgan fingerprint density at radius 3 is 1.40 bits per heavy atom. The van der Waals surface area contributed by atoms with E-state index in [9.17, 15) is 37.6 Å². The van der Waals surface area contributed by atoms with Crippen molar-refractivity contribution in [2.24, 2.45) is 37.8 Å². The first kappa shape index (κ1) is 71.1. The van der Waals surface area contributed by atoms with Crippen LogP contribution in [-0.4, -0.2) is 79.8 Å². The molecule has 18 nitrogen and oxygen atoms in total. The summed E-state index contributed by atoms with van der Waals surface area (Å²) in [7, 11) is 5.44. The van der Waals surface area contributed by atoms with E-state index in [-0.39, 0.29) is 52.8 Å². The highest BCUT2D eigenvalue weighted by Crippen LogP contribution is 2.41. The molecule has 4 saturated carbocycles. The van der Waals surface area contributed by atoms with Gasteiger partial charge in [0, 0.05) is 48.1 Å². The van der Waals surface area contributed by atoms with Crippen LogP contribution in [0.25, 0.3) is 0 Å². The third-order valence-corrected chi connectivity index (χ3v) is 15.3. The van der Waals surface area contributed by atoms with Crippen molar-refractivity contribution in [3.63, 3.8) is 0 Å². The molecule has 4 aromatic carbocycles. The second-order valence-corrected chi connectivity index (χ2v) is 23.5. The largest absolute Gasteiger partial charge is 0.493 e. The van der Waals surface area contributed by atoms with E-state index in [2.05, 4.69) is 41.5 Å². The quantitative estimate of drug-likeness (QED) is 0.0179. The molecule has 0 saturated heterocycles. The number of aliphatic hydroxyl groups is 2. The first-order chi connectivity index (χ1) is 42.4. The molecular weight excluding hydrogens is 1250 g/mol. The van der Waals surface area contributed by atoms with Crippen LogP contribution in [0.3, 0.4) is 0 Å². The van der Waals surface area contributed by atoms with Gasteiger partial charge in [0.05, 0.1) is 43.0 Å². The average molecular weight is 1330 g/mol. The third kappa shape index (κ3) is 24.1. The summed E-state index contributed by atoms with van der Waals surface area (Å²) in [4.78, 5) is 32.8. The maximum absolute atomic E-state index is 13.5. The minimum Gasteiger partial charge on any atom is -0.493 e. The number of benzene rings is 4. The van der Waals surface area contributed by atoms with Crippen molar-refractivity contribution in [1.82, 2.24) is 0 Å². The lowest BCUT2D eigenvalue weighted by Gasteiger charge is -2.21. The summed E-state index contributed by atoms with van der Waals surface area (Å²) in [5.41, 5.74) is 4.29. The molecule has 4 aliphatic carbocycles. The Hall–Kier alpha value is -6.95. The van der Waals surface area contributed by atoms with E-state index in [1.165, 1.54) is 78.6 Å². The second kappa shape index (κ2) is 34.3. The Morgan fingerprint density at radius 1 is 0.573 bits per heavy atom. The monoisotopic (exact) mass is 1320 g/mol. The van der Waals surface area contributed by atoms with E-state index >= 15 is 0 Å². The lowest BCUT2D eigenvalue weighted by Crippen LogP contribution is -2.27. The Labute approximate surface area is 533 Å². The number of carbonyl (C=O) groups is 1. The van der Waals surface area contributed by atoms with Crippen LogP contribution in [-0.2, 0) is 31.7 Å². The van der Waals surface area contributed by atoms with Gasteiger partial charge in [0.2, 0.25) is 0 Å². The lowest BCUT2D eigenvalue weighted by molar-refractivity contribution is -0.671. The molecular formula is C63H72Cl4F4N4O14+2. The van der Waals surface area contributed by atoms with Crippen molar-refractivity contribution in [2.45, 2.75) is 103 Å². The molecule has 4 aliphatic rings. The van der Waals surface area contributed by atoms with Crippen LogP contribution < -0.4 is 37.6 Å². The summed E-state index contributed by atoms with van der Waals surface area (Å²) in [6, 6.07) is 18.9. The Balaban J connectivity index is 0.000000231. The molecule has 89 heavy (non-hydrogen) atoms. The van der Waals surface area contributed by atoms with Gasteiger partial charge in [-0.15, -0.1) is 0 Å². The van der Waals surface area contributed by atoms with Gasteiger partial charge in [0.25, 0.3) is 0 Å². The molecule has 2 N–H and O–H groups in total. The summed E-state index contributed by atoms with van der Waals surface area (Å²) in [5.74, 6) is 2.24. The van der Waals surface area contributed by atoms with Gasteiger partial charge in [0.15, 0.2) is 60.6 Å². The molecule has 482 valence electrons. The molecule has 0 aliphatic heterocycles. The molecule has 0 radical (unpaired) electrons. The van der Waals surface area contributed by atoms with E-state index in [4.69, 9.17) is 85.3 Å². The van der Waals surface area contributed by atoms with E-state index in [0.29, 0.717) is 79.9 Å². The number of nitro benzene ring substituents is 1. The fraction of sp³-hybridized carbons (Fsp3) is 0.444. The number of ether oxygens (including phenoxy) is 7. The van der Waals surface area contributed by atoms with Gasteiger partial charge in [-0.1, -0.05) is 70.7 Å². The van der Waals surface area contributed by atoms with Crippen LogP contribution in [0.4, 0.5) is 23.2 Å². The number of hydrogen-bond donors (Lipinski definition) is 2. The van der Waals surface area contributed by atoms with Crippen molar-refractivity contribution in [3.05, 3.63) is 177 Å². The Bertz CT molecular complexity index is 3310. The van der Waals surface area contributed by atoms with E-state index in [0.717, 1.165) is 71.0 Å². The van der Waals surface area contributed by atoms with Crippen LogP contribution >= 0.6 is 46.4 Å². The predicted molar refractivity (Wildman–Crippen MR) is 325 cm³/mol. The normalized spacial score (nSPS) is 14.6. The summed E-state index contributed by atoms with van der Waals surface area (Å²) in [6.07, 6.45) is 13.7. The first-order valence-electron chi connectivity index (χ1n) is 28.5. The molecule has 2 atom stereocenters. The zero-order valence-corrected chi connectivity index (χ0v) is 52.9. The predicted octanol–water partition coefficient (Wildman–Crippen LogP) is 14.1. The number of aliphatic hydroxyl groups excluding tert-OH is 2. The van der Waals surface area contributed by atoms with Gasteiger partial charge in [-0.2, -0.15) is 17.6 Å². The number of carbonyl (C=O) groups excluding carboxylic acids is 1. The van der Waals surface area contributed by atoms with Gasteiger partial charge in [-0.05, 0) is 148 Å². The zero-order valence-electron chi connectivity index (χ0n) is 49.9. The fourth-order valence-corrected chi connectivity index (χ4v) is 9.88. The van der Waals surface area contributed by atoms with E-state index in [1.54, 1.807) is 48.0 Å². The van der Waals surface area contributed by atoms with Crippen LogP contribution in [0.15, 0.2) is 97.6 Å². The number of nitro groups is 2. The minimum absolute atomic E-state index is 0.0272. The number of aromatic nitrogens is 2. The fourth-order valence-electron chi connectivity index (χ4n) is 8.45. The van der Waals surface area contributed by atoms with Gasteiger partial charge in [-0.3, -0.25) is 20.2 Å². The number of nitrogens with zero attached hydrogens (tertiary/aromatic N) is 4. The average Bonchev–Trinajstić information content (AvgIpc) is 2.27. The van der Waals surface area contributed by atoms with Crippen molar-refractivity contribution in [2.75, 3.05) is 40.6 Å². The van der Waals surface area contributed by atoms with Gasteiger partial charge < -0.3 is 43.4 Å². The van der Waals surface area contributed by atoms with Crippen LogP contribution in [0, 0.1) is 57.7 Å². The highest BCUT2D eigenvalue weighted by atomic mass is 35.5. The number of rotatable bonds is 25. The van der Waals surface area contributed by atoms with Gasteiger partial charge in [-0.25, -0.2) is 13.9 Å². The summed E-state index contributed by atoms with van der Waals surface area (Å²) < 4.78 is 92.9. The van der Waals surface area contributed by atoms with Crippen molar-refractivity contribution in [1.29, 1.82) is 0 Å². The van der Waals surface area contributed by atoms with Crippen molar-refractivity contribution in [3.8, 4) is 34.5 Å². The molecule has 2 heterocycles. The number of halogens is 8. The number of hydrogen-bond acceptors (Lipinski definition) is 14. The number of alkyl halides is 4. The molecule has 0 spiro atoms. The number of esters is 1. The molecule has 6 aromatic rings. The topological polar surface area (TPSA) is 216 Å². The van der Waals surface area contributed by atoms with Crippen molar-refractivity contribution < 1.29 is 84.7 Å². The molecule has 26 heteroatoms. The standard InChI is InChI=1S/C30H29Cl2F2N2O7.C19H20Cl2F2NO3.C12H16O.CH3NO2.CH4O/c1-35-13-22(31)21(23(32)14-35)12-26(19-7-9-25(43-30(33)34)28(10-19)41-16-18-4-5-18)42-29(37)20-6-8-24(36(38)39)27(11-20)40-15-17-2-3-17;1-24-8-14(20)13(15(21)9-24)7-16(25)12-4-5-17(27-19(22)23)18(6-12)26-10-11-2-3-11;1-9-3-4-10(2)12(7-9)13-8-11-5-6-11;1-2(3)4;1-2/h6-11,13-14,17-18,26,30H,2-5,12,15-16H2,1H3;4-6,8-9,11,16,19,25H,2-3,7,10H2,1H3;3-4,7,11H,5-6,8H2,1-2H3;1H3;2H,1H3/q2*+1;;;/t26-;16-;;;/m00.../s1. The number of aryl methyl sites for hydroxylation is 4. The Kier molecular flexibility index (Phi) is 27.4. The highest BCUT2D eigenvalue weighted by molar-refractivity contribution is 6.36. The Morgan fingerprint density at radius 2 is 0.978 bits per heavy atom. The second-order valence-electron chi connectivity index (χ2n) is 21.8. The van der Waals surface area contributed by atoms with Crippen LogP contribution in [0.2, 0.25) is 20.1 Å².